The molecule has 158 valence electrons. The van der Waals surface area contributed by atoms with Crippen LogP contribution in [0.15, 0.2) is 22.8 Å². The zero-order valence-corrected chi connectivity index (χ0v) is 17.3. The van der Waals surface area contributed by atoms with Crippen LogP contribution in [0.25, 0.3) is 0 Å². The number of alkyl halides is 2. The second-order valence-electron chi connectivity index (χ2n) is 8.69. The zero-order valence-electron chi connectivity index (χ0n) is 17.3. The molecule has 1 atom stereocenters. The molecule has 0 radical (unpaired) electrons. The van der Waals surface area contributed by atoms with E-state index < -0.39 is 11.3 Å². The molecule has 8 heteroatoms. The van der Waals surface area contributed by atoms with Crippen LogP contribution in [0.1, 0.15) is 42.0 Å². The van der Waals surface area contributed by atoms with Crippen molar-refractivity contribution in [3.05, 3.63) is 41.1 Å². The topological polar surface area (TPSA) is 54.5 Å². The maximum Gasteiger partial charge on any atom is 0.261 e. The van der Waals surface area contributed by atoms with Crippen LogP contribution in [0.5, 0.6) is 0 Å². The van der Waals surface area contributed by atoms with E-state index in [9.17, 15) is 13.6 Å². The van der Waals surface area contributed by atoms with Gasteiger partial charge in [-0.05, 0) is 38.8 Å². The second kappa shape index (κ2) is 7.23. The molecule has 2 aliphatic heterocycles. The lowest BCUT2D eigenvalue weighted by Crippen LogP contribution is -2.60. The smallest absolute Gasteiger partial charge is 0.261 e. The fourth-order valence-electron chi connectivity index (χ4n) is 4.97. The Balaban J connectivity index is 1.56. The molecule has 4 heterocycles. The molecule has 0 aliphatic carbocycles. The molecule has 2 aromatic heterocycles. The van der Waals surface area contributed by atoms with Gasteiger partial charge >= 0.3 is 0 Å². The Morgan fingerprint density at radius 3 is 2.69 bits per heavy atom. The lowest BCUT2D eigenvalue weighted by atomic mass is 9.71. The first-order valence-corrected chi connectivity index (χ1v) is 10.1. The highest BCUT2D eigenvalue weighted by molar-refractivity contribution is 5.84. The molecule has 4 rings (SSSR count). The molecule has 1 spiro atoms. The average molecular weight is 406 g/mol. The minimum atomic E-state index is -2.89. The van der Waals surface area contributed by atoms with Gasteiger partial charge in [0.25, 0.3) is 5.92 Å². The molecular formula is C21H28F2N4O2. The number of furan rings is 1. The highest BCUT2D eigenvalue weighted by Crippen LogP contribution is 2.45. The summed E-state index contributed by atoms with van der Waals surface area (Å²) in [6, 6.07) is 3.76. The SMILES string of the molecule is Cc1cc(CN2CCC[C@@]3(CN(Cc4ccoc4C)CC(F)(F)C3)C2=O)n(C)n1. The number of hydrogen-bond acceptors (Lipinski definition) is 4. The minimum Gasteiger partial charge on any atom is -0.469 e. The largest absolute Gasteiger partial charge is 0.469 e. The zero-order chi connectivity index (χ0) is 20.8. The van der Waals surface area contributed by atoms with Gasteiger partial charge in [-0.1, -0.05) is 0 Å². The number of carbonyl (C=O) groups excluding carboxylic acids is 1. The Kier molecular flexibility index (Phi) is 5.01. The summed E-state index contributed by atoms with van der Waals surface area (Å²) in [5.74, 6) is -2.32. The molecule has 0 unspecified atom stereocenters. The number of aryl methyl sites for hydroxylation is 3. The van der Waals surface area contributed by atoms with Crippen LogP contribution in [-0.2, 0) is 24.9 Å². The van der Waals surface area contributed by atoms with Crippen molar-refractivity contribution in [1.82, 2.24) is 19.6 Å². The van der Waals surface area contributed by atoms with Crippen LogP contribution in [0.3, 0.4) is 0 Å². The molecule has 1 amide bonds. The monoisotopic (exact) mass is 406 g/mol. The van der Waals surface area contributed by atoms with Crippen LogP contribution >= 0.6 is 0 Å². The van der Waals surface area contributed by atoms with Gasteiger partial charge in [-0.25, -0.2) is 8.78 Å². The van der Waals surface area contributed by atoms with Crippen LogP contribution in [0.2, 0.25) is 0 Å². The van der Waals surface area contributed by atoms with Crippen LogP contribution in [0, 0.1) is 19.3 Å². The minimum absolute atomic E-state index is 0.157. The first-order valence-electron chi connectivity index (χ1n) is 10.1. The van der Waals surface area contributed by atoms with E-state index in [-0.39, 0.29) is 18.9 Å². The van der Waals surface area contributed by atoms with Crippen molar-refractivity contribution in [2.45, 2.75) is 52.1 Å². The highest BCUT2D eigenvalue weighted by Gasteiger charge is 2.55. The van der Waals surface area contributed by atoms with Gasteiger partial charge in [-0.15, -0.1) is 0 Å². The third-order valence-electron chi connectivity index (χ3n) is 6.21. The third kappa shape index (κ3) is 3.95. The van der Waals surface area contributed by atoms with Crippen molar-refractivity contribution in [1.29, 1.82) is 0 Å². The second-order valence-corrected chi connectivity index (χ2v) is 8.69. The van der Waals surface area contributed by atoms with Gasteiger partial charge in [-0.2, -0.15) is 5.10 Å². The van der Waals surface area contributed by atoms with E-state index in [2.05, 4.69) is 5.10 Å². The molecule has 0 aromatic carbocycles. The summed E-state index contributed by atoms with van der Waals surface area (Å²) in [6.07, 6.45) is 2.44. The van der Waals surface area contributed by atoms with E-state index in [4.69, 9.17) is 4.42 Å². The maximum absolute atomic E-state index is 14.8. The van der Waals surface area contributed by atoms with Gasteiger partial charge < -0.3 is 9.32 Å². The molecule has 6 nitrogen and oxygen atoms in total. The Labute approximate surface area is 169 Å². The van der Waals surface area contributed by atoms with Gasteiger partial charge in [0.1, 0.15) is 5.76 Å². The van der Waals surface area contributed by atoms with E-state index in [1.807, 2.05) is 33.0 Å². The van der Waals surface area contributed by atoms with Gasteiger partial charge in [0, 0.05) is 38.7 Å². The first-order chi connectivity index (χ1) is 13.7. The molecule has 0 N–H and O–H groups in total. The van der Waals surface area contributed by atoms with E-state index in [0.29, 0.717) is 32.6 Å². The molecule has 29 heavy (non-hydrogen) atoms. The number of nitrogens with zero attached hydrogens (tertiary/aromatic N) is 4. The molecular weight excluding hydrogens is 378 g/mol. The Hall–Kier alpha value is -2.22. The third-order valence-corrected chi connectivity index (χ3v) is 6.21. The predicted molar refractivity (Wildman–Crippen MR) is 103 cm³/mol. The standard InChI is InChI=1S/C21H28F2N4O2/c1-15-9-18(25(3)24-15)11-27-7-4-6-20(19(27)28)12-21(22,23)14-26(13-20)10-17-5-8-29-16(17)2/h5,8-9H,4,6-7,10-14H2,1-3H3/t20-/m1/s1. The van der Waals surface area contributed by atoms with Crippen molar-refractivity contribution in [3.63, 3.8) is 0 Å². The Morgan fingerprint density at radius 1 is 1.24 bits per heavy atom. The van der Waals surface area contributed by atoms with Crippen molar-refractivity contribution in [2.24, 2.45) is 12.5 Å². The van der Waals surface area contributed by atoms with Crippen molar-refractivity contribution < 1.29 is 18.0 Å². The predicted octanol–water partition coefficient (Wildman–Crippen LogP) is 3.28. The highest BCUT2D eigenvalue weighted by atomic mass is 19.3. The van der Waals surface area contributed by atoms with E-state index in [1.165, 1.54) is 0 Å². The number of halogens is 2. The maximum atomic E-state index is 14.8. The van der Waals surface area contributed by atoms with Gasteiger partial charge in [0.2, 0.25) is 5.91 Å². The number of likely N-dealkylation sites (tertiary alicyclic amines) is 2. The molecule has 0 saturated carbocycles. The summed E-state index contributed by atoms with van der Waals surface area (Å²) in [5, 5.41) is 4.33. The normalized spacial score (nSPS) is 25.1. The molecule has 0 bridgehead atoms. The van der Waals surface area contributed by atoms with Crippen molar-refractivity contribution in [3.8, 4) is 0 Å². The van der Waals surface area contributed by atoms with Gasteiger partial charge in [-0.3, -0.25) is 14.4 Å². The quantitative estimate of drug-likeness (QED) is 0.782. The van der Waals surface area contributed by atoms with Crippen molar-refractivity contribution in [2.75, 3.05) is 19.6 Å². The fraction of sp³-hybridized carbons (Fsp3) is 0.619. The molecule has 2 saturated heterocycles. The first kappa shape index (κ1) is 20.1. The van der Waals surface area contributed by atoms with E-state index in [1.54, 1.807) is 20.7 Å². The lowest BCUT2D eigenvalue weighted by Gasteiger charge is -2.49. The number of amides is 1. The summed E-state index contributed by atoms with van der Waals surface area (Å²) in [6.45, 7) is 5.13. The van der Waals surface area contributed by atoms with Crippen molar-refractivity contribution >= 4 is 5.91 Å². The summed E-state index contributed by atoms with van der Waals surface area (Å²) in [4.78, 5) is 16.9. The summed E-state index contributed by atoms with van der Waals surface area (Å²) >= 11 is 0. The molecule has 2 aromatic rings. The number of aromatic nitrogens is 2. The fourth-order valence-corrected chi connectivity index (χ4v) is 4.97. The van der Waals surface area contributed by atoms with Crippen LogP contribution in [0.4, 0.5) is 8.78 Å². The van der Waals surface area contributed by atoms with Crippen LogP contribution in [-0.4, -0.2) is 51.0 Å². The summed E-state index contributed by atoms with van der Waals surface area (Å²) < 4.78 is 36.6. The average Bonchev–Trinajstić information content (AvgIpc) is 3.15. The lowest BCUT2D eigenvalue weighted by molar-refractivity contribution is -0.171. The number of hydrogen-bond donors (Lipinski definition) is 0. The molecule has 2 fully saturated rings. The number of carbonyl (C=O) groups is 1. The summed E-state index contributed by atoms with van der Waals surface area (Å²) in [5.41, 5.74) is 1.66. The number of rotatable bonds is 4. The van der Waals surface area contributed by atoms with Gasteiger partial charge in [0.05, 0.1) is 36.2 Å². The molecule has 2 aliphatic rings. The van der Waals surface area contributed by atoms with E-state index >= 15 is 0 Å². The van der Waals surface area contributed by atoms with E-state index in [0.717, 1.165) is 29.1 Å². The Bertz CT molecular complexity index is 906. The number of piperidine rings is 2. The Morgan fingerprint density at radius 2 is 2.03 bits per heavy atom. The summed E-state index contributed by atoms with van der Waals surface area (Å²) in [7, 11) is 1.84. The van der Waals surface area contributed by atoms with Gasteiger partial charge in [0.15, 0.2) is 0 Å². The van der Waals surface area contributed by atoms with Crippen LogP contribution < -0.4 is 0 Å².